The molecule has 2 N–H and O–H groups in total. The van der Waals surface area contributed by atoms with Gasteiger partial charge >= 0.3 is 0 Å². The van der Waals surface area contributed by atoms with Crippen molar-refractivity contribution < 1.29 is 0 Å². The summed E-state index contributed by atoms with van der Waals surface area (Å²) in [7, 11) is 0. The Labute approximate surface area is 85.2 Å². The average molecular weight is 198 g/mol. The van der Waals surface area contributed by atoms with Crippen molar-refractivity contribution in [3.8, 4) is 0 Å². The zero-order valence-electron chi connectivity index (χ0n) is 8.13. The van der Waals surface area contributed by atoms with Crippen LogP contribution in [0.4, 0.5) is 0 Å². The van der Waals surface area contributed by atoms with Crippen molar-refractivity contribution in [3.63, 3.8) is 0 Å². The summed E-state index contributed by atoms with van der Waals surface area (Å²) in [6, 6.07) is 7.62. The Bertz CT molecular complexity index is 239. The summed E-state index contributed by atoms with van der Waals surface area (Å²) in [5.41, 5.74) is 6.42. The number of rotatable bonds is 2. The van der Waals surface area contributed by atoms with Crippen molar-refractivity contribution in [2.24, 2.45) is 5.73 Å². The van der Waals surface area contributed by atoms with Gasteiger partial charge in [-0.1, -0.05) is 49.7 Å². The Hall–Kier alpha value is -0.790. The van der Waals surface area contributed by atoms with Crippen molar-refractivity contribution in [1.82, 2.24) is 0 Å². The summed E-state index contributed by atoms with van der Waals surface area (Å²) in [6.45, 7) is 4.57. The molecule has 0 aliphatic heterocycles. The van der Waals surface area contributed by atoms with Crippen LogP contribution in [0.3, 0.4) is 0 Å². The van der Waals surface area contributed by atoms with Crippen LogP contribution >= 0.6 is 11.6 Å². The fourth-order valence-electron chi connectivity index (χ4n) is 0.778. The van der Waals surface area contributed by atoms with E-state index in [9.17, 15) is 0 Å². The van der Waals surface area contributed by atoms with E-state index in [1.165, 1.54) is 0 Å². The molecule has 0 radical (unpaired) electrons. The van der Waals surface area contributed by atoms with E-state index in [2.05, 4.69) is 0 Å². The molecule has 13 heavy (non-hydrogen) atoms. The monoisotopic (exact) mass is 197 g/mol. The first-order valence-electron chi connectivity index (χ1n) is 4.45. The summed E-state index contributed by atoms with van der Waals surface area (Å²) < 4.78 is 0. The lowest BCUT2D eigenvalue weighted by atomic mass is 10.2. The number of hydrogen-bond donors (Lipinski definition) is 1. The largest absolute Gasteiger partial charge is 0.327 e. The van der Waals surface area contributed by atoms with Gasteiger partial charge in [0.2, 0.25) is 0 Å². The SMILES string of the molecule is CC.NC/C=C\c1ccc(Cl)cc1. The van der Waals surface area contributed by atoms with Crippen molar-refractivity contribution >= 4 is 17.7 Å². The first kappa shape index (κ1) is 12.2. The molecule has 1 nitrogen and oxygen atoms in total. The van der Waals surface area contributed by atoms with E-state index in [-0.39, 0.29) is 0 Å². The maximum Gasteiger partial charge on any atom is 0.0406 e. The average Bonchev–Trinajstić information content (AvgIpc) is 2.20. The third-order valence-electron chi connectivity index (χ3n) is 1.32. The number of hydrogen-bond acceptors (Lipinski definition) is 1. The molecule has 1 aromatic carbocycles. The number of benzene rings is 1. The maximum atomic E-state index is 5.70. The molecule has 72 valence electrons. The fraction of sp³-hybridized carbons (Fsp3) is 0.273. The number of halogens is 1. The highest BCUT2D eigenvalue weighted by Crippen LogP contribution is 2.10. The highest BCUT2D eigenvalue weighted by molar-refractivity contribution is 6.30. The molecule has 0 aliphatic rings. The van der Waals surface area contributed by atoms with E-state index in [4.69, 9.17) is 17.3 Å². The molecule has 0 aromatic heterocycles. The van der Waals surface area contributed by atoms with Crippen LogP contribution in [-0.4, -0.2) is 6.54 Å². The van der Waals surface area contributed by atoms with Gasteiger partial charge in [0.05, 0.1) is 0 Å². The van der Waals surface area contributed by atoms with Crippen molar-refractivity contribution in [3.05, 3.63) is 40.9 Å². The van der Waals surface area contributed by atoms with Gasteiger partial charge in [0.25, 0.3) is 0 Å². The zero-order chi connectivity index (χ0) is 10.1. The minimum atomic E-state index is 0.572. The summed E-state index contributed by atoms with van der Waals surface area (Å²) in [4.78, 5) is 0. The molecule has 0 heterocycles. The smallest absolute Gasteiger partial charge is 0.0406 e. The Balaban J connectivity index is 0.000000671. The first-order chi connectivity index (χ1) is 6.33. The fourth-order valence-corrected chi connectivity index (χ4v) is 0.904. The van der Waals surface area contributed by atoms with Crippen LogP contribution < -0.4 is 5.73 Å². The topological polar surface area (TPSA) is 26.0 Å². The molecule has 2 heteroatoms. The van der Waals surface area contributed by atoms with Gasteiger partial charge in [-0.25, -0.2) is 0 Å². The lowest BCUT2D eigenvalue weighted by molar-refractivity contribution is 1.26. The van der Waals surface area contributed by atoms with Crippen LogP contribution in [0.2, 0.25) is 5.02 Å². The minimum Gasteiger partial charge on any atom is -0.327 e. The lowest BCUT2D eigenvalue weighted by Crippen LogP contribution is -1.91. The van der Waals surface area contributed by atoms with Gasteiger partial charge in [-0.15, -0.1) is 0 Å². The van der Waals surface area contributed by atoms with Crippen LogP contribution in [-0.2, 0) is 0 Å². The van der Waals surface area contributed by atoms with Crippen molar-refractivity contribution in [2.45, 2.75) is 13.8 Å². The Morgan fingerprint density at radius 2 is 1.77 bits per heavy atom. The van der Waals surface area contributed by atoms with E-state index in [1.807, 2.05) is 50.3 Å². The molecule has 0 spiro atoms. The van der Waals surface area contributed by atoms with Crippen LogP contribution in [0.25, 0.3) is 6.08 Å². The molecule has 0 fully saturated rings. The lowest BCUT2D eigenvalue weighted by Gasteiger charge is -1.91. The van der Waals surface area contributed by atoms with Gasteiger partial charge in [-0.2, -0.15) is 0 Å². The molecule has 0 saturated carbocycles. The molecule has 0 atom stereocenters. The quantitative estimate of drug-likeness (QED) is 0.774. The molecule has 0 bridgehead atoms. The second kappa shape index (κ2) is 7.84. The van der Waals surface area contributed by atoms with Crippen LogP contribution in [0.15, 0.2) is 30.3 Å². The molecular weight excluding hydrogens is 182 g/mol. The molecular formula is C11H16ClN. The van der Waals surface area contributed by atoms with E-state index in [0.29, 0.717) is 6.54 Å². The van der Waals surface area contributed by atoms with Gasteiger partial charge in [0, 0.05) is 11.6 Å². The van der Waals surface area contributed by atoms with E-state index < -0.39 is 0 Å². The standard InChI is InChI=1S/C9H10ClN.C2H6/c10-9-5-3-8(4-6-9)2-1-7-11;1-2/h1-6H,7,11H2;1-2H3/b2-1-;. The molecule has 0 saturated heterocycles. The zero-order valence-corrected chi connectivity index (χ0v) is 8.88. The second-order valence-corrected chi connectivity index (χ2v) is 2.63. The maximum absolute atomic E-state index is 5.70. The first-order valence-corrected chi connectivity index (χ1v) is 4.83. The van der Waals surface area contributed by atoms with Crippen molar-refractivity contribution in [2.75, 3.05) is 6.54 Å². The Morgan fingerprint density at radius 1 is 1.23 bits per heavy atom. The molecule has 0 unspecified atom stereocenters. The highest BCUT2D eigenvalue weighted by atomic mass is 35.5. The van der Waals surface area contributed by atoms with Crippen molar-refractivity contribution in [1.29, 1.82) is 0 Å². The highest BCUT2D eigenvalue weighted by Gasteiger charge is 1.85. The van der Waals surface area contributed by atoms with Gasteiger partial charge < -0.3 is 5.73 Å². The van der Waals surface area contributed by atoms with Gasteiger partial charge in [0.1, 0.15) is 0 Å². The number of nitrogens with two attached hydrogens (primary N) is 1. The van der Waals surface area contributed by atoms with Crippen LogP contribution in [0.1, 0.15) is 19.4 Å². The van der Waals surface area contributed by atoms with Gasteiger partial charge in [-0.05, 0) is 17.7 Å². The summed E-state index contributed by atoms with van der Waals surface area (Å²) in [5.74, 6) is 0. The van der Waals surface area contributed by atoms with E-state index >= 15 is 0 Å². The van der Waals surface area contributed by atoms with Crippen LogP contribution in [0, 0.1) is 0 Å². The summed E-state index contributed by atoms with van der Waals surface area (Å²) in [6.07, 6.45) is 3.87. The predicted molar refractivity (Wildman–Crippen MR) is 60.9 cm³/mol. The molecule has 1 rings (SSSR count). The Kier molecular flexibility index (Phi) is 7.36. The summed E-state index contributed by atoms with van der Waals surface area (Å²) in [5, 5.41) is 0.759. The Morgan fingerprint density at radius 3 is 2.23 bits per heavy atom. The van der Waals surface area contributed by atoms with Gasteiger partial charge in [0.15, 0.2) is 0 Å². The third kappa shape index (κ3) is 5.45. The minimum absolute atomic E-state index is 0.572. The van der Waals surface area contributed by atoms with Gasteiger partial charge in [-0.3, -0.25) is 0 Å². The molecule has 0 aliphatic carbocycles. The van der Waals surface area contributed by atoms with E-state index in [1.54, 1.807) is 0 Å². The predicted octanol–water partition coefficient (Wildman–Crippen LogP) is 3.34. The normalized spacial score (nSPS) is 9.54. The summed E-state index contributed by atoms with van der Waals surface area (Å²) >= 11 is 5.70. The molecule has 0 amide bonds. The third-order valence-corrected chi connectivity index (χ3v) is 1.57. The second-order valence-electron chi connectivity index (χ2n) is 2.19. The van der Waals surface area contributed by atoms with E-state index in [0.717, 1.165) is 10.6 Å². The van der Waals surface area contributed by atoms with Crippen LogP contribution in [0.5, 0.6) is 0 Å². The molecule has 1 aromatic rings.